The van der Waals surface area contributed by atoms with Gasteiger partial charge in [0.05, 0.1) is 7.11 Å². The van der Waals surface area contributed by atoms with Gasteiger partial charge in [0, 0.05) is 0 Å². The molecule has 2 aromatic rings. The molecule has 0 aliphatic rings. The molecule has 10 heteroatoms. The molecule has 0 fully saturated rings. The molecule has 0 heterocycles. The van der Waals surface area contributed by atoms with Gasteiger partial charge in [-0.15, -0.1) is 0 Å². The number of carbonyl (C=O) groups is 2. The fourth-order valence-electron chi connectivity index (χ4n) is 2.97. The maximum atomic E-state index is 14.0. The molecule has 0 spiro atoms. The SMILES string of the molecule is COc1ccc(C(c2ccc(OC(=O)CC(C)=O)cc2)(C(F)(F)F)C(F)(F)F)cc1. The summed E-state index contributed by atoms with van der Waals surface area (Å²) in [6.45, 7) is 1.13. The molecule has 0 aliphatic carbocycles. The molecule has 0 saturated carbocycles. The number of ether oxygens (including phenoxy) is 2. The van der Waals surface area contributed by atoms with Crippen molar-refractivity contribution in [2.75, 3.05) is 7.11 Å². The minimum atomic E-state index is -5.74. The molecule has 0 atom stereocenters. The van der Waals surface area contributed by atoms with Crippen molar-refractivity contribution in [3.8, 4) is 11.5 Å². The zero-order valence-corrected chi connectivity index (χ0v) is 15.7. The van der Waals surface area contributed by atoms with Crippen molar-refractivity contribution in [3.63, 3.8) is 0 Å². The number of esters is 1. The molecule has 0 aromatic heterocycles. The van der Waals surface area contributed by atoms with Gasteiger partial charge in [0.25, 0.3) is 0 Å². The summed E-state index contributed by atoms with van der Waals surface area (Å²) in [5.74, 6) is -1.70. The number of Topliss-reactive ketones (excluding diaryl/α,β-unsaturated/α-hetero) is 1. The molecule has 2 aromatic carbocycles. The standard InChI is InChI=1S/C20H16F6O4/c1-12(27)11-17(28)30-16-9-5-14(6-10-16)18(19(21,22)23,20(24,25)26)13-3-7-15(29-2)8-4-13/h3-10H,11H2,1-2H3. The van der Waals surface area contributed by atoms with Gasteiger partial charge in [-0.05, 0) is 42.3 Å². The van der Waals surface area contributed by atoms with Crippen LogP contribution in [0.3, 0.4) is 0 Å². The lowest BCUT2D eigenvalue weighted by molar-refractivity contribution is -0.288. The number of hydrogen-bond acceptors (Lipinski definition) is 4. The van der Waals surface area contributed by atoms with E-state index >= 15 is 0 Å². The molecule has 0 N–H and O–H groups in total. The number of ketones is 1. The lowest BCUT2D eigenvalue weighted by atomic mass is 9.73. The van der Waals surface area contributed by atoms with Crippen LogP contribution in [0, 0.1) is 0 Å². The van der Waals surface area contributed by atoms with E-state index in [-0.39, 0.29) is 11.5 Å². The second-order valence-electron chi connectivity index (χ2n) is 6.35. The Morgan fingerprint density at radius 2 is 1.17 bits per heavy atom. The van der Waals surface area contributed by atoms with Crippen LogP contribution < -0.4 is 9.47 Å². The number of methoxy groups -OCH3 is 1. The predicted octanol–water partition coefficient (Wildman–Crippen LogP) is 4.99. The molecule has 30 heavy (non-hydrogen) atoms. The van der Waals surface area contributed by atoms with Crippen molar-refractivity contribution >= 4 is 11.8 Å². The van der Waals surface area contributed by atoms with Gasteiger partial charge >= 0.3 is 18.3 Å². The second kappa shape index (κ2) is 8.37. The van der Waals surface area contributed by atoms with Crippen molar-refractivity contribution in [1.82, 2.24) is 0 Å². The van der Waals surface area contributed by atoms with Crippen molar-refractivity contribution in [1.29, 1.82) is 0 Å². The Bertz CT molecular complexity index is 885. The summed E-state index contributed by atoms with van der Waals surface area (Å²) in [6, 6.07) is 6.18. The Kier molecular flexibility index (Phi) is 6.48. The van der Waals surface area contributed by atoms with Gasteiger partial charge in [0.2, 0.25) is 5.41 Å². The third kappa shape index (κ3) is 4.42. The van der Waals surface area contributed by atoms with Crippen LogP contribution in [0.2, 0.25) is 0 Å². The number of hydrogen-bond donors (Lipinski definition) is 0. The fraction of sp³-hybridized carbons (Fsp3) is 0.300. The van der Waals surface area contributed by atoms with Gasteiger partial charge in [-0.1, -0.05) is 24.3 Å². The van der Waals surface area contributed by atoms with Crippen molar-refractivity contribution in [2.24, 2.45) is 0 Å². The van der Waals surface area contributed by atoms with Gasteiger partial charge < -0.3 is 9.47 Å². The van der Waals surface area contributed by atoms with E-state index in [1.54, 1.807) is 0 Å². The average Bonchev–Trinajstić information content (AvgIpc) is 2.61. The fourth-order valence-corrected chi connectivity index (χ4v) is 2.97. The Morgan fingerprint density at radius 1 is 0.767 bits per heavy atom. The predicted molar refractivity (Wildman–Crippen MR) is 93.3 cm³/mol. The minimum absolute atomic E-state index is 0.0877. The Labute approximate surface area is 167 Å². The molecule has 4 nitrogen and oxygen atoms in total. The minimum Gasteiger partial charge on any atom is -0.497 e. The summed E-state index contributed by atoms with van der Waals surface area (Å²) in [5, 5.41) is 0. The molecule has 162 valence electrons. The first kappa shape index (κ1) is 23.2. The highest BCUT2D eigenvalue weighted by Crippen LogP contribution is 2.56. The van der Waals surface area contributed by atoms with Crippen LogP contribution in [0.5, 0.6) is 11.5 Å². The average molecular weight is 434 g/mol. The number of alkyl halides is 6. The van der Waals surface area contributed by atoms with Crippen molar-refractivity contribution < 1.29 is 45.4 Å². The number of rotatable bonds is 6. The zero-order chi connectivity index (χ0) is 22.7. The number of carbonyl (C=O) groups excluding carboxylic acids is 2. The van der Waals surface area contributed by atoms with Crippen LogP contribution in [-0.4, -0.2) is 31.2 Å². The van der Waals surface area contributed by atoms with Crippen LogP contribution >= 0.6 is 0 Å². The quantitative estimate of drug-likeness (QED) is 0.278. The van der Waals surface area contributed by atoms with Gasteiger partial charge in [-0.25, -0.2) is 0 Å². The van der Waals surface area contributed by atoms with Gasteiger partial charge in [0.1, 0.15) is 23.7 Å². The number of benzene rings is 2. The number of halogens is 6. The first-order valence-electron chi connectivity index (χ1n) is 8.41. The zero-order valence-electron chi connectivity index (χ0n) is 15.7. The van der Waals surface area contributed by atoms with Gasteiger partial charge in [-0.2, -0.15) is 26.3 Å². The summed E-state index contributed by atoms with van der Waals surface area (Å²) in [4.78, 5) is 22.4. The van der Waals surface area contributed by atoms with Crippen LogP contribution in [0.15, 0.2) is 48.5 Å². The largest absolute Gasteiger partial charge is 0.497 e. The van der Waals surface area contributed by atoms with Gasteiger partial charge in [0.15, 0.2) is 0 Å². The van der Waals surface area contributed by atoms with E-state index in [0.29, 0.717) is 24.3 Å². The van der Waals surface area contributed by atoms with E-state index in [4.69, 9.17) is 9.47 Å². The molecule has 0 unspecified atom stereocenters. The normalized spacial score (nSPS) is 12.4. The van der Waals surface area contributed by atoms with E-state index in [2.05, 4.69) is 0 Å². The van der Waals surface area contributed by atoms with E-state index in [9.17, 15) is 35.9 Å². The molecule has 0 aliphatic heterocycles. The molecule has 0 radical (unpaired) electrons. The maximum absolute atomic E-state index is 14.0. The van der Waals surface area contributed by atoms with E-state index in [0.717, 1.165) is 31.2 Å². The maximum Gasteiger partial charge on any atom is 0.411 e. The second-order valence-corrected chi connectivity index (χ2v) is 6.35. The Hall–Kier alpha value is -3.04. The van der Waals surface area contributed by atoms with Crippen LogP contribution in [0.4, 0.5) is 26.3 Å². The molecule has 0 saturated heterocycles. The van der Waals surface area contributed by atoms with E-state index < -0.39 is 47.1 Å². The van der Waals surface area contributed by atoms with E-state index in [1.165, 1.54) is 7.11 Å². The molecule has 0 amide bonds. The van der Waals surface area contributed by atoms with Crippen LogP contribution in [0.1, 0.15) is 24.5 Å². The van der Waals surface area contributed by atoms with Crippen molar-refractivity contribution in [2.45, 2.75) is 31.1 Å². The summed E-state index contributed by atoms with van der Waals surface area (Å²) < 4.78 is 93.6. The molecular weight excluding hydrogens is 418 g/mol. The molecule has 2 rings (SSSR count). The smallest absolute Gasteiger partial charge is 0.411 e. The summed E-state index contributed by atoms with van der Waals surface area (Å²) >= 11 is 0. The topological polar surface area (TPSA) is 52.6 Å². The first-order chi connectivity index (χ1) is 13.8. The van der Waals surface area contributed by atoms with E-state index in [1.807, 2.05) is 0 Å². The third-order valence-electron chi connectivity index (χ3n) is 4.29. The highest BCUT2D eigenvalue weighted by Gasteiger charge is 2.72. The Balaban J connectivity index is 2.59. The lowest BCUT2D eigenvalue weighted by Crippen LogP contribution is -2.54. The van der Waals surface area contributed by atoms with Crippen LogP contribution in [-0.2, 0) is 15.0 Å². The van der Waals surface area contributed by atoms with Gasteiger partial charge in [-0.3, -0.25) is 9.59 Å². The molecule has 0 bridgehead atoms. The summed E-state index contributed by atoms with van der Waals surface area (Å²) in [7, 11) is 1.22. The van der Waals surface area contributed by atoms with Crippen LogP contribution in [0.25, 0.3) is 0 Å². The third-order valence-corrected chi connectivity index (χ3v) is 4.29. The highest BCUT2D eigenvalue weighted by molar-refractivity contribution is 5.94. The van der Waals surface area contributed by atoms with Crippen molar-refractivity contribution in [3.05, 3.63) is 59.7 Å². The Morgan fingerprint density at radius 3 is 1.50 bits per heavy atom. The first-order valence-corrected chi connectivity index (χ1v) is 8.41. The summed E-state index contributed by atoms with van der Waals surface area (Å²) in [6.07, 6.45) is -12.1. The molecular formula is C20H16F6O4. The summed E-state index contributed by atoms with van der Waals surface area (Å²) in [5.41, 5.74) is -6.49. The highest BCUT2D eigenvalue weighted by atomic mass is 19.4. The monoisotopic (exact) mass is 434 g/mol. The lowest BCUT2D eigenvalue weighted by Gasteiger charge is -2.38.